The van der Waals surface area contributed by atoms with Crippen LogP contribution >= 0.6 is 0 Å². The van der Waals surface area contributed by atoms with Crippen molar-refractivity contribution in [2.45, 2.75) is 63.2 Å². The second kappa shape index (κ2) is 13.3. The highest BCUT2D eigenvalue weighted by molar-refractivity contribution is 5.61. The minimum Gasteiger partial charge on any atom is -0.490 e. The molecule has 2 aliphatic rings. The van der Waals surface area contributed by atoms with Gasteiger partial charge in [0.2, 0.25) is 0 Å². The largest absolute Gasteiger partial charge is 0.490 e. The number of tetrazole rings is 1. The van der Waals surface area contributed by atoms with Gasteiger partial charge in [0, 0.05) is 44.7 Å². The summed E-state index contributed by atoms with van der Waals surface area (Å²) in [5, 5.41) is 18.3. The van der Waals surface area contributed by atoms with E-state index in [9.17, 15) is 4.39 Å². The van der Waals surface area contributed by atoms with Crippen LogP contribution < -0.4 is 15.0 Å². The van der Waals surface area contributed by atoms with Crippen molar-refractivity contribution in [2.24, 2.45) is 0 Å². The van der Waals surface area contributed by atoms with Gasteiger partial charge in [-0.25, -0.2) is 9.49 Å². The summed E-state index contributed by atoms with van der Waals surface area (Å²) in [5.41, 5.74) is 3.33. The molecule has 1 fully saturated rings. The first kappa shape index (κ1) is 27.5. The summed E-state index contributed by atoms with van der Waals surface area (Å²) >= 11 is 0. The zero-order valence-electron chi connectivity index (χ0n) is 22.8. The fourth-order valence-electron chi connectivity index (χ4n) is 5.78. The van der Waals surface area contributed by atoms with Crippen LogP contribution in [0.1, 0.15) is 61.4 Å². The highest BCUT2D eigenvalue weighted by Crippen LogP contribution is 2.36. The van der Waals surface area contributed by atoms with Crippen molar-refractivity contribution in [3.63, 3.8) is 0 Å². The van der Waals surface area contributed by atoms with E-state index in [4.69, 9.17) is 14.2 Å². The van der Waals surface area contributed by atoms with Crippen molar-refractivity contribution in [1.82, 2.24) is 25.9 Å². The third-order valence-electron chi connectivity index (χ3n) is 7.93. The van der Waals surface area contributed by atoms with Crippen molar-refractivity contribution < 1.29 is 18.6 Å². The lowest BCUT2D eigenvalue weighted by Gasteiger charge is -2.38. The molecule has 0 bridgehead atoms. The van der Waals surface area contributed by atoms with E-state index in [2.05, 4.69) is 49.9 Å². The van der Waals surface area contributed by atoms with Gasteiger partial charge in [-0.2, -0.15) is 0 Å². The molecule has 0 radical (unpaired) electrons. The standard InChI is InChI=1S/C29H39FN6O3/c1-3-21(29-32-34-35-33-29)16-24-17-25(22-6-8-23(30)9-7-22)28(18-31-24)39-19-20-5-10-27-26(15-20)36(12-14-38-27)11-4-13-37-2/h5-10,15,21,24-25,28,31H,3-4,11-14,16-19H2,1-2H3,(H,32,33,34,35)/t21-,24-,25+,28-/m0/s1. The lowest BCUT2D eigenvalue weighted by atomic mass is 9.81. The number of rotatable bonds is 12. The fourth-order valence-corrected chi connectivity index (χ4v) is 5.78. The molecule has 0 spiro atoms. The molecule has 2 N–H and O–H groups in total. The molecular formula is C29H39FN6O3. The van der Waals surface area contributed by atoms with E-state index in [0.29, 0.717) is 13.2 Å². The maximum absolute atomic E-state index is 13.8. The van der Waals surface area contributed by atoms with E-state index in [1.807, 2.05) is 18.2 Å². The predicted molar refractivity (Wildman–Crippen MR) is 147 cm³/mol. The van der Waals surface area contributed by atoms with Gasteiger partial charge in [0.05, 0.1) is 24.9 Å². The van der Waals surface area contributed by atoms with Gasteiger partial charge in [-0.1, -0.05) is 25.1 Å². The number of methoxy groups -OCH3 is 1. The number of nitrogens with zero attached hydrogens (tertiary/aromatic N) is 4. The second-order valence-electron chi connectivity index (χ2n) is 10.5. The number of fused-ring (bicyclic) bond motifs is 1. The molecule has 9 nitrogen and oxygen atoms in total. The molecule has 210 valence electrons. The summed E-state index contributed by atoms with van der Waals surface area (Å²) < 4.78 is 31.5. The number of anilines is 1. The number of aromatic amines is 1. The van der Waals surface area contributed by atoms with Crippen LogP contribution in [0.5, 0.6) is 5.75 Å². The van der Waals surface area contributed by atoms with Gasteiger partial charge in [0.1, 0.15) is 18.2 Å². The highest BCUT2D eigenvalue weighted by Gasteiger charge is 2.34. The second-order valence-corrected chi connectivity index (χ2v) is 10.5. The molecule has 0 saturated carbocycles. The average molecular weight is 539 g/mol. The molecule has 0 amide bonds. The van der Waals surface area contributed by atoms with Crippen LogP contribution in [0, 0.1) is 5.82 Å². The van der Waals surface area contributed by atoms with E-state index in [0.717, 1.165) is 80.3 Å². The Labute approximate surface area is 229 Å². The average Bonchev–Trinajstić information content (AvgIpc) is 3.51. The van der Waals surface area contributed by atoms with Gasteiger partial charge in [-0.3, -0.25) is 0 Å². The van der Waals surface area contributed by atoms with Crippen molar-refractivity contribution in [3.05, 3.63) is 65.2 Å². The zero-order valence-corrected chi connectivity index (χ0v) is 22.8. The first-order valence-corrected chi connectivity index (χ1v) is 14.0. The zero-order chi connectivity index (χ0) is 27.0. The number of hydrogen-bond donors (Lipinski definition) is 2. The first-order valence-electron chi connectivity index (χ1n) is 14.0. The van der Waals surface area contributed by atoms with Gasteiger partial charge in [-0.05, 0) is 71.5 Å². The molecule has 10 heteroatoms. The monoisotopic (exact) mass is 538 g/mol. The quantitative estimate of drug-likeness (QED) is 0.332. The molecule has 5 rings (SSSR count). The number of nitrogens with one attached hydrogen (secondary N) is 2. The smallest absolute Gasteiger partial charge is 0.151 e. The summed E-state index contributed by atoms with van der Waals surface area (Å²) in [6.45, 7) is 6.59. The number of aromatic nitrogens is 4. The Balaban J connectivity index is 1.27. The van der Waals surface area contributed by atoms with Gasteiger partial charge in [0.15, 0.2) is 5.82 Å². The highest BCUT2D eigenvalue weighted by atomic mass is 19.1. The molecule has 0 unspecified atom stereocenters. The number of H-pyrrole nitrogens is 1. The number of benzene rings is 2. The van der Waals surface area contributed by atoms with E-state index >= 15 is 0 Å². The third kappa shape index (κ3) is 6.93. The van der Waals surface area contributed by atoms with E-state index in [1.54, 1.807) is 19.2 Å². The summed E-state index contributed by atoms with van der Waals surface area (Å²) in [7, 11) is 1.74. The lowest BCUT2D eigenvalue weighted by molar-refractivity contribution is 0.00165. The van der Waals surface area contributed by atoms with Crippen molar-refractivity contribution >= 4 is 5.69 Å². The van der Waals surface area contributed by atoms with Crippen LogP contribution in [0.3, 0.4) is 0 Å². The van der Waals surface area contributed by atoms with Gasteiger partial charge >= 0.3 is 0 Å². The summed E-state index contributed by atoms with van der Waals surface area (Å²) in [4.78, 5) is 2.36. The van der Waals surface area contributed by atoms with Gasteiger partial charge in [-0.15, -0.1) is 5.10 Å². The van der Waals surface area contributed by atoms with E-state index in [-0.39, 0.29) is 29.8 Å². The lowest BCUT2D eigenvalue weighted by Crippen LogP contribution is -2.47. The molecule has 1 saturated heterocycles. The Bertz CT molecular complexity index is 1160. The Morgan fingerprint density at radius 3 is 2.85 bits per heavy atom. The summed E-state index contributed by atoms with van der Waals surface area (Å²) in [6, 6.07) is 13.5. The third-order valence-corrected chi connectivity index (χ3v) is 7.93. The van der Waals surface area contributed by atoms with Gasteiger partial charge < -0.3 is 24.4 Å². The number of hydrogen-bond acceptors (Lipinski definition) is 8. The molecule has 0 aliphatic carbocycles. The Kier molecular flexibility index (Phi) is 9.39. The SMILES string of the molecule is CC[C@@H](C[C@H]1C[C@H](c2ccc(F)cc2)[C@@H](OCc2ccc3c(c2)N(CCCOC)CCO3)CN1)c1nnn[nH]1. The minimum atomic E-state index is -0.225. The van der Waals surface area contributed by atoms with Crippen molar-refractivity contribution in [1.29, 1.82) is 0 Å². The maximum atomic E-state index is 13.8. The number of ether oxygens (including phenoxy) is 3. The van der Waals surface area contributed by atoms with Crippen molar-refractivity contribution in [2.75, 3.05) is 44.9 Å². The minimum absolute atomic E-state index is 0.0381. The van der Waals surface area contributed by atoms with Gasteiger partial charge in [0.25, 0.3) is 0 Å². The molecule has 39 heavy (non-hydrogen) atoms. The molecule has 3 heterocycles. The molecule has 4 atom stereocenters. The Hall–Kier alpha value is -3.08. The molecule has 1 aromatic heterocycles. The number of halogens is 1. The van der Waals surface area contributed by atoms with E-state index in [1.165, 1.54) is 0 Å². The maximum Gasteiger partial charge on any atom is 0.151 e. The van der Waals surface area contributed by atoms with Crippen LogP contribution in [-0.4, -0.2) is 72.7 Å². The summed E-state index contributed by atoms with van der Waals surface area (Å²) in [6.07, 6.45) is 3.68. The van der Waals surface area contributed by atoms with Crippen LogP contribution in [0.15, 0.2) is 42.5 Å². The Morgan fingerprint density at radius 2 is 2.08 bits per heavy atom. The fraction of sp³-hybridized carbons (Fsp3) is 0.552. The topological polar surface area (TPSA) is 97.4 Å². The predicted octanol–water partition coefficient (Wildman–Crippen LogP) is 4.19. The molecule has 2 aliphatic heterocycles. The molecule has 2 aromatic carbocycles. The van der Waals surface area contributed by atoms with Crippen molar-refractivity contribution in [3.8, 4) is 5.75 Å². The van der Waals surface area contributed by atoms with Crippen LogP contribution in [0.2, 0.25) is 0 Å². The van der Waals surface area contributed by atoms with Crippen LogP contribution in [0.25, 0.3) is 0 Å². The summed E-state index contributed by atoms with van der Waals surface area (Å²) in [5.74, 6) is 1.91. The number of piperidine rings is 1. The molecule has 3 aromatic rings. The first-order chi connectivity index (χ1) is 19.1. The molecular weight excluding hydrogens is 499 g/mol. The Morgan fingerprint density at radius 1 is 1.21 bits per heavy atom. The van der Waals surface area contributed by atoms with Crippen LogP contribution in [-0.2, 0) is 16.1 Å². The normalized spacial score (nSPS) is 21.8. The van der Waals surface area contributed by atoms with Crippen LogP contribution in [0.4, 0.5) is 10.1 Å². The van der Waals surface area contributed by atoms with E-state index < -0.39 is 0 Å².